The second kappa shape index (κ2) is 5.74. The highest BCUT2D eigenvalue weighted by Gasteiger charge is 2.25. The van der Waals surface area contributed by atoms with Gasteiger partial charge in [0.2, 0.25) is 5.91 Å². The van der Waals surface area contributed by atoms with Gasteiger partial charge in [0.25, 0.3) is 0 Å². The third-order valence-corrected chi connectivity index (χ3v) is 4.10. The van der Waals surface area contributed by atoms with Crippen LogP contribution in [0.5, 0.6) is 0 Å². The Hall–Kier alpha value is -1.36. The van der Waals surface area contributed by atoms with Crippen LogP contribution in [0.4, 0.5) is 0 Å². The molecule has 1 aromatic rings. The molecule has 0 bridgehead atoms. The summed E-state index contributed by atoms with van der Waals surface area (Å²) in [7, 11) is 2.05. The van der Waals surface area contributed by atoms with E-state index >= 15 is 0 Å². The summed E-state index contributed by atoms with van der Waals surface area (Å²) in [5.41, 5.74) is 2.31. The maximum Gasteiger partial charge on any atom is 0.222 e. The second-order valence-corrected chi connectivity index (χ2v) is 5.32. The van der Waals surface area contributed by atoms with E-state index in [0.29, 0.717) is 12.5 Å². The van der Waals surface area contributed by atoms with Gasteiger partial charge in [0, 0.05) is 38.3 Å². The van der Waals surface area contributed by atoms with E-state index in [1.54, 1.807) is 0 Å². The lowest BCUT2D eigenvalue weighted by Gasteiger charge is -2.16. The molecule has 2 rings (SSSR count). The summed E-state index contributed by atoms with van der Waals surface area (Å²) in [5.74, 6) is 1.32. The van der Waals surface area contributed by atoms with Crippen LogP contribution in [-0.2, 0) is 18.4 Å². The maximum absolute atomic E-state index is 11.6. The van der Waals surface area contributed by atoms with E-state index in [9.17, 15) is 4.79 Å². The van der Waals surface area contributed by atoms with Gasteiger partial charge in [-0.1, -0.05) is 6.92 Å². The van der Waals surface area contributed by atoms with Gasteiger partial charge < -0.3 is 14.8 Å². The molecule has 106 valence electrons. The third kappa shape index (κ3) is 2.97. The first-order chi connectivity index (χ1) is 9.02. The van der Waals surface area contributed by atoms with Crippen molar-refractivity contribution >= 4 is 5.91 Å². The molecule has 0 aliphatic carbocycles. The standard InChI is InChI=1S/C14H24N4O/c1-5-14(19)18-7-6-12(9-18)15-8-13-16-10(2)11(3)17(13)4/h12,15H,5-9H2,1-4H3. The molecule has 19 heavy (non-hydrogen) atoms. The van der Waals surface area contributed by atoms with E-state index < -0.39 is 0 Å². The van der Waals surface area contributed by atoms with Crippen molar-refractivity contribution in [2.24, 2.45) is 7.05 Å². The zero-order valence-corrected chi connectivity index (χ0v) is 12.4. The van der Waals surface area contributed by atoms with Crippen molar-refractivity contribution in [1.82, 2.24) is 19.8 Å². The molecule has 1 amide bonds. The smallest absolute Gasteiger partial charge is 0.222 e. The highest BCUT2D eigenvalue weighted by atomic mass is 16.2. The van der Waals surface area contributed by atoms with Crippen molar-refractivity contribution in [3.8, 4) is 0 Å². The van der Waals surface area contributed by atoms with Gasteiger partial charge in [-0.05, 0) is 20.3 Å². The van der Waals surface area contributed by atoms with Crippen molar-refractivity contribution in [2.45, 2.75) is 46.2 Å². The summed E-state index contributed by atoms with van der Waals surface area (Å²) in [6, 6.07) is 0.396. The molecule has 0 aromatic carbocycles. The fourth-order valence-corrected chi connectivity index (χ4v) is 2.56. The number of imidazole rings is 1. The Morgan fingerprint density at radius 2 is 2.21 bits per heavy atom. The number of hydrogen-bond acceptors (Lipinski definition) is 3. The van der Waals surface area contributed by atoms with Gasteiger partial charge in [-0.15, -0.1) is 0 Å². The average Bonchev–Trinajstić information content (AvgIpc) is 2.97. The second-order valence-electron chi connectivity index (χ2n) is 5.32. The van der Waals surface area contributed by atoms with E-state index in [0.717, 1.165) is 37.6 Å². The summed E-state index contributed by atoms with van der Waals surface area (Å²) in [6.07, 6.45) is 1.64. The number of aromatic nitrogens is 2. The number of nitrogens with one attached hydrogen (secondary N) is 1. The third-order valence-electron chi connectivity index (χ3n) is 4.10. The Kier molecular flexibility index (Phi) is 4.24. The molecule has 1 N–H and O–H groups in total. The zero-order chi connectivity index (χ0) is 14.0. The summed E-state index contributed by atoms with van der Waals surface area (Å²) in [6.45, 7) is 8.52. The van der Waals surface area contributed by atoms with Crippen molar-refractivity contribution in [3.63, 3.8) is 0 Å². The maximum atomic E-state index is 11.6. The van der Waals surface area contributed by atoms with Crippen LogP contribution in [0.15, 0.2) is 0 Å². The Labute approximate surface area is 115 Å². The number of amides is 1. The van der Waals surface area contributed by atoms with Crippen LogP contribution in [0, 0.1) is 13.8 Å². The van der Waals surface area contributed by atoms with Gasteiger partial charge in [0.15, 0.2) is 0 Å². The minimum Gasteiger partial charge on any atom is -0.341 e. The van der Waals surface area contributed by atoms with E-state index in [-0.39, 0.29) is 5.91 Å². The van der Waals surface area contributed by atoms with Gasteiger partial charge in [0.05, 0.1) is 12.2 Å². The number of carbonyl (C=O) groups is 1. The average molecular weight is 264 g/mol. The first-order valence-electron chi connectivity index (χ1n) is 7.02. The number of nitrogens with zero attached hydrogens (tertiary/aromatic N) is 3. The van der Waals surface area contributed by atoms with Crippen molar-refractivity contribution < 1.29 is 4.79 Å². The molecule has 2 heterocycles. The minimum absolute atomic E-state index is 0.257. The molecule has 1 atom stereocenters. The number of hydrogen-bond donors (Lipinski definition) is 1. The summed E-state index contributed by atoms with van der Waals surface area (Å²) in [4.78, 5) is 18.1. The van der Waals surface area contributed by atoms with E-state index in [2.05, 4.69) is 21.8 Å². The fraction of sp³-hybridized carbons (Fsp3) is 0.714. The van der Waals surface area contributed by atoms with Gasteiger partial charge in [-0.3, -0.25) is 4.79 Å². The lowest BCUT2D eigenvalue weighted by molar-refractivity contribution is -0.129. The zero-order valence-electron chi connectivity index (χ0n) is 12.4. The van der Waals surface area contributed by atoms with Gasteiger partial charge in [-0.2, -0.15) is 0 Å². The monoisotopic (exact) mass is 264 g/mol. The Balaban J connectivity index is 1.87. The molecular formula is C14H24N4O. The molecule has 1 aromatic heterocycles. The number of carbonyl (C=O) groups excluding carboxylic acids is 1. The Bertz CT molecular complexity index is 466. The normalized spacial score (nSPS) is 19.2. The molecule has 0 radical (unpaired) electrons. The van der Waals surface area contributed by atoms with Gasteiger partial charge >= 0.3 is 0 Å². The highest BCUT2D eigenvalue weighted by molar-refractivity contribution is 5.76. The molecule has 0 saturated carbocycles. The molecule has 1 fully saturated rings. The van der Waals surface area contributed by atoms with Crippen molar-refractivity contribution in [3.05, 3.63) is 17.2 Å². The predicted molar refractivity (Wildman–Crippen MR) is 74.8 cm³/mol. The molecule has 1 aliphatic heterocycles. The van der Waals surface area contributed by atoms with Crippen LogP contribution >= 0.6 is 0 Å². The fourth-order valence-electron chi connectivity index (χ4n) is 2.56. The van der Waals surface area contributed by atoms with Crippen molar-refractivity contribution in [1.29, 1.82) is 0 Å². The first kappa shape index (κ1) is 14.1. The van der Waals surface area contributed by atoms with E-state index in [1.807, 2.05) is 25.8 Å². The molecule has 5 heteroatoms. The van der Waals surface area contributed by atoms with Gasteiger partial charge in [-0.25, -0.2) is 4.98 Å². The van der Waals surface area contributed by atoms with Crippen LogP contribution in [0.25, 0.3) is 0 Å². The van der Waals surface area contributed by atoms with Crippen LogP contribution < -0.4 is 5.32 Å². The van der Waals surface area contributed by atoms with Crippen LogP contribution in [0.2, 0.25) is 0 Å². The summed E-state index contributed by atoms with van der Waals surface area (Å²) >= 11 is 0. The Morgan fingerprint density at radius 1 is 1.47 bits per heavy atom. The quantitative estimate of drug-likeness (QED) is 0.887. The molecule has 0 spiro atoms. The predicted octanol–water partition coefficient (Wildman–Crippen LogP) is 1.14. The number of likely N-dealkylation sites (tertiary alicyclic amines) is 1. The van der Waals surface area contributed by atoms with Crippen LogP contribution in [0.1, 0.15) is 37.0 Å². The van der Waals surface area contributed by atoms with Crippen LogP contribution in [-0.4, -0.2) is 39.5 Å². The van der Waals surface area contributed by atoms with Gasteiger partial charge in [0.1, 0.15) is 5.82 Å². The topological polar surface area (TPSA) is 50.2 Å². The van der Waals surface area contributed by atoms with E-state index in [1.165, 1.54) is 5.69 Å². The number of aryl methyl sites for hydroxylation is 1. The summed E-state index contributed by atoms with van der Waals surface area (Å²) in [5, 5.41) is 3.51. The largest absolute Gasteiger partial charge is 0.341 e. The van der Waals surface area contributed by atoms with Crippen LogP contribution in [0.3, 0.4) is 0 Å². The molecule has 1 aliphatic rings. The lowest BCUT2D eigenvalue weighted by Crippen LogP contribution is -2.35. The first-order valence-corrected chi connectivity index (χ1v) is 7.02. The minimum atomic E-state index is 0.257. The summed E-state index contributed by atoms with van der Waals surface area (Å²) < 4.78 is 2.13. The lowest BCUT2D eigenvalue weighted by atomic mass is 10.2. The molecule has 1 saturated heterocycles. The SMILES string of the molecule is CCC(=O)N1CCC(NCc2nc(C)c(C)n2C)C1. The van der Waals surface area contributed by atoms with E-state index in [4.69, 9.17) is 0 Å². The number of rotatable bonds is 4. The molecule has 1 unspecified atom stereocenters. The highest BCUT2D eigenvalue weighted by Crippen LogP contribution is 2.12. The molecule has 5 nitrogen and oxygen atoms in total. The van der Waals surface area contributed by atoms with Crippen molar-refractivity contribution in [2.75, 3.05) is 13.1 Å². The Morgan fingerprint density at radius 3 is 2.79 bits per heavy atom. The molecular weight excluding hydrogens is 240 g/mol.